The third-order valence-corrected chi connectivity index (χ3v) is 3.66. The van der Waals surface area contributed by atoms with E-state index in [4.69, 9.17) is 5.73 Å². The minimum atomic E-state index is 0. The second-order valence-electron chi connectivity index (χ2n) is 5.27. The number of likely N-dealkylation sites (tertiary alicyclic amines) is 1. The molecule has 0 aromatic heterocycles. The summed E-state index contributed by atoms with van der Waals surface area (Å²) in [4.78, 5) is 24.8. The van der Waals surface area contributed by atoms with Crippen LogP contribution in [0.4, 0.5) is 0 Å². The predicted octanol–water partition coefficient (Wildman–Crippen LogP) is 1.44. The SMILES string of the molecule is CC(=O)NCCCCCC(=O)N1CCCCC1CN.Cl. The van der Waals surface area contributed by atoms with Crippen LogP contribution in [0.25, 0.3) is 0 Å². The highest BCUT2D eigenvalue weighted by Gasteiger charge is 2.24. The van der Waals surface area contributed by atoms with Crippen LogP contribution >= 0.6 is 12.4 Å². The summed E-state index contributed by atoms with van der Waals surface area (Å²) in [5.74, 6) is 0.254. The molecule has 1 atom stereocenters. The molecule has 2 amide bonds. The normalized spacial score (nSPS) is 18.3. The molecule has 0 radical (unpaired) electrons. The number of amides is 2. The molecule has 0 aromatic carbocycles. The highest BCUT2D eigenvalue weighted by molar-refractivity contribution is 5.85. The Morgan fingerprint density at radius 2 is 2.00 bits per heavy atom. The van der Waals surface area contributed by atoms with Crippen LogP contribution in [-0.4, -0.2) is 42.4 Å². The predicted molar refractivity (Wildman–Crippen MR) is 82.8 cm³/mol. The molecular weight excluding hydrogens is 278 g/mol. The fraction of sp³-hybridized carbons (Fsp3) is 0.857. The van der Waals surface area contributed by atoms with Crippen LogP contribution in [0.1, 0.15) is 51.9 Å². The van der Waals surface area contributed by atoms with Crippen LogP contribution in [0.3, 0.4) is 0 Å². The molecule has 1 aliphatic heterocycles. The van der Waals surface area contributed by atoms with Crippen molar-refractivity contribution in [3.63, 3.8) is 0 Å². The zero-order valence-electron chi connectivity index (χ0n) is 12.4. The smallest absolute Gasteiger partial charge is 0.222 e. The minimum absolute atomic E-state index is 0. The van der Waals surface area contributed by atoms with Crippen LogP contribution in [0.2, 0.25) is 0 Å². The van der Waals surface area contributed by atoms with Gasteiger partial charge in [-0.05, 0) is 32.1 Å². The Labute approximate surface area is 128 Å². The van der Waals surface area contributed by atoms with Crippen LogP contribution in [0.15, 0.2) is 0 Å². The van der Waals surface area contributed by atoms with E-state index in [0.29, 0.717) is 19.5 Å². The number of hydrogen-bond acceptors (Lipinski definition) is 3. The van der Waals surface area contributed by atoms with Gasteiger partial charge >= 0.3 is 0 Å². The summed E-state index contributed by atoms with van der Waals surface area (Å²) >= 11 is 0. The molecule has 0 bridgehead atoms. The maximum Gasteiger partial charge on any atom is 0.222 e. The molecule has 0 saturated carbocycles. The number of rotatable bonds is 7. The lowest BCUT2D eigenvalue weighted by Gasteiger charge is -2.35. The Hall–Kier alpha value is -0.810. The van der Waals surface area contributed by atoms with Gasteiger partial charge in [-0.1, -0.05) is 6.42 Å². The number of nitrogens with two attached hydrogens (primary N) is 1. The maximum absolute atomic E-state index is 12.1. The molecule has 1 unspecified atom stereocenters. The van der Waals surface area contributed by atoms with E-state index >= 15 is 0 Å². The second kappa shape index (κ2) is 10.9. The first-order valence-corrected chi connectivity index (χ1v) is 7.39. The average Bonchev–Trinajstić information content (AvgIpc) is 2.42. The molecule has 0 aliphatic carbocycles. The fourth-order valence-corrected chi connectivity index (χ4v) is 2.56. The van der Waals surface area contributed by atoms with Gasteiger partial charge in [-0.15, -0.1) is 12.4 Å². The Morgan fingerprint density at radius 1 is 1.25 bits per heavy atom. The van der Waals surface area contributed by atoms with Crippen molar-refractivity contribution in [1.82, 2.24) is 10.2 Å². The van der Waals surface area contributed by atoms with E-state index in [1.165, 1.54) is 13.3 Å². The number of unbranched alkanes of at least 4 members (excludes halogenated alkanes) is 2. The third kappa shape index (κ3) is 7.10. The molecule has 1 aliphatic rings. The van der Waals surface area contributed by atoms with Gasteiger partial charge in [-0.25, -0.2) is 0 Å². The molecule has 0 spiro atoms. The van der Waals surface area contributed by atoms with Crippen molar-refractivity contribution in [2.45, 2.75) is 57.9 Å². The third-order valence-electron chi connectivity index (χ3n) is 3.66. The van der Waals surface area contributed by atoms with Crippen molar-refractivity contribution in [3.05, 3.63) is 0 Å². The van der Waals surface area contributed by atoms with Gasteiger partial charge in [0.1, 0.15) is 0 Å². The van der Waals surface area contributed by atoms with Gasteiger partial charge in [0.15, 0.2) is 0 Å². The Balaban J connectivity index is 0.00000361. The Morgan fingerprint density at radius 3 is 2.65 bits per heavy atom. The quantitative estimate of drug-likeness (QED) is 0.699. The highest BCUT2D eigenvalue weighted by atomic mass is 35.5. The zero-order valence-corrected chi connectivity index (χ0v) is 13.2. The number of halogens is 1. The molecule has 3 N–H and O–H groups in total. The van der Waals surface area contributed by atoms with Crippen molar-refractivity contribution >= 4 is 24.2 Å². The number of piperidine rings is 1. The summed E-state index contributed by atoms with van der Waals surface area (Å²) in [6, 6.07) is 0.251. The maximum atomic E-state index is 12.1. The van der Waals surface area contributed by atoms with Crippen LogP contribution in [-0.2, 0) is 9.59 Å². The van der Waals surface area contributed by atoms with Gasteiger partial charge in [0.25, 0.3) is 0 Å². The van der Waals surface area contributed by atoms with Gasteiger partial charge in [-0.3, -0.25) is 9.59 Å². The molecule has 1 saturated heterocycles. The summed E-state index contributed by atoms with van der Waals surface area (Å²) in [6.45, 7) is 3.67. The van der Waals surface area contributed by atoms with Gasteiger partial charge in [-0.2, -0.15) is 0 Å². The van der Waals surface area contributed by atoms with Crippen molar-refractivity contribution in [2.24, 2.45) is 5.73 Å². The topological polar surface area (TPSA) is 75.4 Å². The summed E-state index contributed by atoms with van der Waals surface area (Å²) in [5, 5.41) is 2.76. The second-order valence-corrected chi connectivity index (χ2v) is 5.27. The summed E-state index contributed by atoms with van der Waals surface area (Å²) in [6.07, 6.45) is 6.75. The lowest BCUT2D eigenvalue weighted by atomic mass is 10.0. The van der Waals surface area contributed by atoms with Crippen LogP contribution in [0.5, 0.6) is 0 Å². The van der Waals surface area contributed by atoms with Gasteiger partial charge in [0.2, 0.25) is 11.8 Å². The van der Waals surface area contributed by atoms with Gasteiger partial charge in [0.05, 0.1) is 0 Å². The highest BCUT2D eigenvalue weighted by Crippen LogP contribution is 2.17. The minimum Gasteiger partial charge on any atom is -0.356 e. The van der Waals surface area contributed by atoms with Crippen molar-refractivity contribution in [1.29, 1.82) is 0 Å². The lowest BCUT2D eigenvalue weighted by molar-refractivity contribution is -0.134. The summed E-state index contributed by atoms with van der Waals surface area (Å²) in [7, 11) is 0. The molecule has 1 heterocycles. The van der Waals surface area contributed by atoms with E-state index in [1.54, 1.807) is 0 Å². The van der Waals surface area contributed by atoms with Gasteiger partial charge < -0.3 is 16.0 Å². The standard InChI is InChI=1S/C14H27N3O2.ClH/c1-12(18)16-9-5-2-3-8-14(19)17-10-6-4-7-13(17)11-15;/h13H,2-11,15H2,1H3,(H,16,18);1H. The molecular formula is C14H28ClN3O2. The molecule has 118 valence electrons. The number of carbonyl (C=O) groups is 2. The van der Waals surface area contributed by atoms with Crippen molar-refractivity contribution in [3.8, 4) is 0 Å². The number of nitrogens with zero attached hydrogens (tertiary/aromatic N) is 1. The van der Waals surface area contributed by atoms with Gasteiger partial charge in [0, 0.05) is 39.0 Å². The first-order chi connectivity index (χ1) is 9.15. The molecule has 20 heavy (non-hydrogen) atoms. The number of carbonyl (C=O) groups excluding carboxylic acids is 2. The van der Waals surface area contributed by atoms with Crippen molar-refractivity contribution in [2.75, 3.05) is 19.6 Å². The number of nitrogens with one attached hydrogen (secondary N) is 1. The largest absolute Gasteiger partial charge is 0.356 e. The fourth-order valence-electron chi connectivity index (χ4n) is 2.56. The van der Waals surface area contributed by atoms with Crippen LogP contribution < -0.4 is 11.1 Å². The molecule has 6 heteroatoms. The first kappa shape index (κ1) is 19.2. The number of hydrogen-bond donors (Lipinski definition) is 2. The first-order valence-electron chi connectivity index (χ1n) is 7.39. The van der Waals surface area contributed by atoms with E-state index in [-0.39, 0.29) is 30.3 Å². The molecule has 0 aromatic rings. The Bertz CT molecular complexity index is 300. The Kier molecular flexibility index (Phi) is 10.5. The van der Waals surface area contributed by atoms with Crippen LogP contribution in [0, 0.1) is 0 Å². The average molecular weight is 306 g/mol. The molecule has 1 fully saturated rings. The van der Waals surface area contributed by atoms with E-state index < -0.39 is 0 Å². The van der Waals surface area contributed by atoms with E-state index in [2.05, 4.69) is 5.32 Å². The van der Waals surface area contributed by atoms with Crippen molar-refractivity contribution < 1.29 is 9.59 Å². The van der Waals surface area contributed by atoms with E-state index in [0.717, 1.165) is 38.6 Å². The lowest BCUT2D eigenvalue weighted by Crippen LogP contribution is -2.47. The summed E-state index contributed by atoms with van der Waals surface area (Å²) in [5.41, 5.74) is 5.72. The van der Waals surface area contributed by atoms with E-state index in [1.807, 2.05) is 4.90 Å². The zero-order chi connectivity index (χ0) is 14.1. The molecule has 5 nitrogen and oxygen atoms in total. The van der Waals surface area contributed by atoms with E-state index in [9.17, 15) is 9.59 Å². The summed E-state index contributed by atoms with van der Waals surface area (Å²) < 4.78 is 0. The monoisotopic (exact) mass is 305 g/mol. The molecule has 1 rings (SSSR count).